The van der Waals surface area contributed by atoms with Gasteiger partial charge in [0, 0.05) is 31.5 Å². The van der Waals surface area contributed by atoms with Gasteiger partial charge in [-0.15, -0.1) is 0 Å². The van der Waals surface area contributed by atoms with Crippen LogP contribution in [0.3, 0.4) is 0 Å². The highest BCUT2D eigenvalue weighted by Gasteiger charge is 2.28. The molecule has 49 heavy (non-hydrogen) atoms. The van der Waals surface area contributed by atoms with Crippen LogP contribution in [0.1, 0.15) is 0 Å². The molecule has 230 valence electrons. The average Bonchev–Trinajstić information content (AvgIpc) is 3.56. The van der Waals surface area contributed by atoms with E-state index < -0.39 is 0 Å². The Balaban J connectivity index is 1.19. The van der Waals surface area contributed by atoms with Crippen molar-refractivity contribution < 1.29 is 4.42 Å². The molecule has 0 spiro atoms. The summed E-state index contributed by atoms with van der Waals surface area (Å²) in [6.07, 6.45) is 0. The normalized spacial score (nSPS) is 12.4. The highest BCUT2D eigenvalue weighted by atomic mass is 32.2. The molecular weight excluding hydrogens is 615 g/mol. The molecule has 9 aromatic rings. The van der Waals surface area contributed by atoms with Crippen LogP contribution in [0, 0.1) is 0 Å². The second-order valence-electron chi connectivity index (χ2n) is 12.5. The predicted molar refractivity (Wildman–Crippen MR) is 206 cm³/mol. The Hall–Kier alpha value is -6.03. The van der Waals surface area contributed by atoms with Crippen molar-refractivity contribution >= 4 is 61.5 Å². The van der Waals surface area contributed by atoms with Gasteiger partial charge in [-0.2, -0.15) is 0 Å². The second kappa shape index (κ2) is 11.3. The Morgan fingerprint density at radius 2 is 0.918 bits per heavy atom. The van der Waals surface area contributed by atoms with Gasteiger partial charge in [0.25, 0.3) is 0 Å². The lowest BCUT2D eigenvalue weighted by atomic mass is 9.95. The Morgan fingerprint density at radius 1 is 0.367 bits per heavy atom. The number of rotatable bonds is 4. The molecule has 1 aromatic heterocycles. The van der Waals surface area contributed by atoms with Crippen LogP contribution < -0.4 is 4.90 Å². The van der Waals surface area contributed by atoms with E-state index in [2.05, 4.69) is 175 Å². The first-order valence-electron chi connectivity index (χ1n) is 16.6. The number of hydrogen-bond donors (Lipinski definition) is 0. The maximum atomic E-state index is 6.51. The summed E-state index contributed by atoms with van der Waals surface area (Å²) in [4.78, 5) is 4.93. The Morgan fingerprint density at radius 3 is 1.59 bits per heavy atom. The van der Waals surface area contributed by atoms with Gasteiger partial charge in [0.1, 0.15) is 11.2 Å². The zero-order valence-corrected chi connectivity index (χ0v) is 27.3. The minimum atomic E-state index is 0.912. The summed E-state index contributed by atoms with van der Waals surface area (Å²) in [5.74, 6) is 0. The zero-order chi connectivity index (χ0) is 32.3. The molecule has 0 atom stereocenters. The van der Waals surface area contributed by atoms with Crippen molar-refractivity contribution in [2.45, 2.75) is 9.79 Å². The summed E-state index contributed by atoms with van der Waals surface area (Å²) in [5, 5.41) is 4.66. The molecular formula is C46H29NOS. The minimum Gasteiger partial charge on any atom is -0.455 e. The minimum absolute atomic E-state index is 0.912. The third kappa shape index (κ3) is 4.58. The SMILES string of the molecule is c1ccc(-c2ccc3c(c2)Sc2cc(-c4ccccc4)ccc2N3c2ccc(-c3cccc4c3oc3ccccc34)c3ccccc23)cc1. The number of nitrogens with zero attached hydrogens (tertiary/aromatic N) is 1. The number of benzene rings is 8. The van der Waals surface area contributed by atoms with Gasteiger partial charge in [-0.1, -0.05) is 151 Å². The third-order valence-corrected chi connectivity index (χ3v) is 10.8. The molecule has 1 aliphatic heterocycles. The van der Waals surface area contributed by atoms with E-state index in [4.69, 9.17) is 4.42 Å². The lowest BCUT2D eigenvalue weighted by molar-refractivity contribution is 0.670. The molecule has 0 unspecified atom stereocenters. The van der Waals surface area contributed by atoms with Gasteiger partial charge in [0.05, 0.1) is 17.1 Å². The maximum absolute atomic E-state index is 6.51. The predicted octanol–water partition coefficient (Wildman–Crippen LogP) is 13.7. The van der Waals surface area contributed by atoms with Crippen LogP contribution in [-0.2, 0) is 0 Å². The first kappa shape index (κ1) is 28.0. The standard InChI is InChI=1S/C46H29NOS/c1-3-12-30(13-4-1)32-22-25-41-44(28-32)49-45-29-33(31-14-5-2-6-15-31)23-26-42(45)47(41)40-27-24-35(34-16-7-8-17-36(34)40)38-19-11-20-39-37-18-9-10-21-43(37)48-46(38)39/h1-29H. The van der Waals surface area contributed by atoms with Gasteiger partial charge >= 0.3 is 0 Å². The molecule has 0 aliphatic carbocycles. The van der Waals surface area contributed by atoms with Gasteiger partial charge in [0.2, 0.25) is 0 Å². The van der Waals surface area contributed by atoms with Crippen molar-refractivity contribution in [3.63, 3.8) is 0 Å². The van der Waals surface area contributed by atoms with Crippen molar-refractivity contribution in [3.8, 4) is 33.4 Å². The summed E-state index contributed by atoms with van der Waals surface area (Å²) in [6, 6.07) is 63.2. The lowest BCUT2D eigenvalue weighted by Gasteiger charge is -2.34. The molecule has 0 fully saturated rings. The van der Waals surface area contributed by atoms with Crippen molar-refractivity contribution in [2.24, 2.45) is 0 Å². The lowest BCUT2D eigenvalue weighted by Crippen LogP contribution is -2.15. The number of para-hydroxylation sites is 2. The molecule has 0 radical (unpaired) electrons. The van der Waals surface area contributed by atoms with E-state index in [1.807, 2.05) is 17.8 Å². The molecule has 2 nitrogen and oxygen atoms in total. The molecule has 2 heterocycles. The van der Waals surface area contributed by atoms with E-state index in [0.29, 0.717) is 0 Å². The van der Waals surface area contributed by atoms with Crippen LogP contribution >= 0.6 is 11.8 Å². The van der Waals surface area contributed by atoms with E-state index >= 15 is 0 Å². The van der Waals surface area contributed by atoms with Crippen molar-refractivity contribution in [2.75, 3.05) is 4.90 Å². The third-order valence-electron chi connectivity index (χ3n) is 9.67. The summed E-state index contributed by atoms with van der Waals surface area (Å²) in [5.41, 5.74) is 12.5. The van der Waals surface area contributed by atoms with Crippen LogP contribution in [0.5, 0.6) is 0 Å². The molecule has 1 aliphatic rings. The molecule has 0 bridgehead atoms. The van der Waals surface area contributed by atoms with Crippen LogP contribution in [-0.4, -0.2) is 0 Å². The highest BCUT2D eigenvalue weighted by molar-refractivity contribution is 7.99. The van der Waals surface area contributed by atoms with Gasteiger partial charge in [0.15, 0.2) is 0 Å². The zero-order valence-electron chi connectivity index (χ0n) is 26.5. The summed E-state index contributed by atoms with van der Waals surface area (Å²) in [6.45, 7) is 0. The quantitative estimate of drug-likeness (QED) is 0.190. The van der Waals surface area contributed by atoms with E-state index in [1.54, 1.807) is 0 Å². The van der Waals surface area contributed by atoms with Crippen LogP contribution in [0.25, 0.3) is 66.1 Å². The van der Waals surface area contributed by atoms with E-state index in [-0.39, 0.29) is 0 Å². The molecule has 8 aromatic carbocycles. The molecule has 0 amide bonds. The van der Waals surface area contributed by atoms with Crippen molar-refractivity contribution in [1.82, 2.24) is 0 Å². The van der Waals surface area contributed by atoms with E-state index in [0.717, 1.165) is 38.8 Å². The fraction of sp³-hybridized carbons (Fsp3) is 0. The second-order valence-corrected chi connectivity index (χ2v) is 13.6. The summed E-state index contributed by atoms with van der Waals surface area (Å²) < 4.78 is 6.51. The van der Waals surface area contributed by atoms with Crippen LogP contribution in [0.15, 0.2) is 190 Å². The number of hydrogen-bond acceptors (Lipinski definition) is 3. The maximum Gasteiger partial charge on any atom is 0.143 e. The van der Waals surface area contributed by atoms with Gasteiger partial charge < -0.3 is 9.32 Å². The Bertz CT molecular complexity index is 2600. The first-order chi connectivity index (χ1) is 24.3. The average molecular weight is 644 g/mol. The first-order valence-corrected chi connectivity index (χ1v) is 17.4. The van der Waals surface area contributed by atoms with Gasteiger partial charge in [-0.25, -0.2) is 0 Å². The van der Waals surface area contributed by atoms with Crippen LogP contribution in [0.4, 0.5) is 17.1 Å². The summed E-state index contributed by atoms with van der Waals surface area (Å²) >= 11 is 1.85. The smallest absolute Gasteiger partial charge is 0.143 e. The fourth-order valence-corrected chi connectivity index (χ4v) is 8.50. The highest BCUT2D eigenvalue weighted by Crippen LogP contribution is 2.54. The number of fused-ring (bicyclic) bond motifs is 6. The number of furan rings is 1. The Labute approximate surface area is 288 Å². The topological polar surface area (TPSA) is 16.4 Å². The van der Waals surface area contributed by atoms with Crippen molar-refractivity contribution in [3.05, 3.63) is 176 Å². The fourth-order valence-electron chi connectivity index (χ4n) is 7.36. The molecule has 0 saturated carbocycles. The van der Waals surface area contributed by atoms with E-state index in [9.17, 15) is 0 Å². The Kier molecular flexibility index (Phi) is 6.46. The molecule has 10 rings (SSSR count). The molecule has 3 heteroatoms. The number of anilines is 3. The van der Waals surface area contributed by atoms with Gasteiger partial charge in [-0.3, -0.25) is 0 Å². The molecule has 0 N–H and O–H groups in total. The largest absolute Gasteiger partial charge is 0.455 e. The van der Waals surface area contributed by atoms with Crippen molar-refractivity contribution in [1.29, 1.82) is 0 Å². The molecule has 0 saturated heterocycles. The monoisotopic (exact) mass is 643 g/mol. The summed E-state index contributed by atoms with van der Waals surface area (Å²) in [7, 11) is 0. The van der Waals surface area contributed by atoms with Gasteiger partial charge in [-0.05, 0) is 69.6 Å². The van der Waals surface area contributed by atoms with Crippen LogP contribution in [0.2, 0.25) is 0 Å². The van der Waals surface area contributed by atoms with E-state index in [1.165, 1.54) is 54.2 Å².